The Morgan fingerprint density at radius 3 is 1.97 bits per heavy atom. The number of carbonyl (C=O) groups excluding carboxylic acids is 6. The summed E-state index contributed by atoms with van der Waals surface area (Å²) in [5.41, 5.74) is 0.199. The van der Waals surface area contributed by atoms with Crippen molar-refractivity contribution < 1.29 is 47.7 Å². The van der Waals surface area contributed by atoms with E-state index >= 15 is 0 Å². The maximum atomic E-state index is 12.0. The minimum Gasteiger partial charge on any atom is -0.458 e. The zero-order valence-electron chi connectivity index (χ0n) is 19.7. The zero-order valence-corrected chi connectivity index (χ0v) is 19.7. The number of nitrogens with one attached hydrogen (secondary N) is 1. The van der Waals surface area contributed by atoms with Crippen LogP contribution in [0.15, 0.2) is 34.3 Å². The van der Waals surface area contributed by atoms with Crippen LogP contribution in [0.3, 0.4) is 0 Å². The summed E-state index contributed by atoms with van der Waals surface area (Å²) >= 11 is 0. The molecule has 0 saturated carbocycles. The van der Waals surface area contributed by atoms with Crippen molar-refractivity contribution in [2.75, 3.05) is 26.4 Å². The molecule has 0 saturated heterocycles. The van der Waals surface area contributed by atoms with Gasteiger partial charge in [-0.1, -0.05) is 13.2 Å². The Morgan fingerprint density at radius 1 is 0.857 bits per heavy atom. The van der Waals surface area contributed by atoms with E-state index in [4.69, 9.17) is 18.9 Å². The summed E-state index contributed by atoms with van der Waals surface area (Å²) < 4.78 is 19.6. The van der Waals surface area contributed by atoms with Gasteiger partial charge in [0.15, 0.2) is 6.10 Å². The number of rotatable bonds is 16. The molecule has 2 amide bonds. The molecule has 0 fully saturated rings. The largest absolute Gasteiger partial charge is 0.458 e. The van der Waals surface area contributed by atoms with E-state index < -0.39 is 49.5 Å². The van der Waals surface area contributed by atoms with Gasteiger partial charge in [-0.25, -0.2) is 44.1 Å². The molecule has 0 heterocycles. The molecule has 13 nitrogen and oxygen atoms in total. The highest BCUT2D eigenvalue weighted by Gasteiger charge is 2.21. The first-order chi connectivity index (χ1) is 16.6. The molecule has 0 aliphatic heterocycles. The van der Waals surface area contributed by atoms with Crippen LogP contribution in [0.25, 0.3) is 0 Å². The van der Waals surface area contributed by atoms with Crippen LogP contribution >= 0.6 is 0 Å². The van der Waals surface area contributed by atoms with Crippen LogP contribution in [0.4, 0.5) is 9.59 Å². The molecule has 0 aliphatic carbocycles. The van der Waals surface area contributed by atoms with Gasteiger partial charge in [-0.05, 0) is 33.1 Å². The summed E-state index contributed by atoms with van der Waals surface area (Å²) in [6, 6.07) is -0.470. The highest BCUT2D eigenvalue weighted by Crippen LogP contribution is 2.09. The normalized spacial score (nSPS) is 10.6. The number of hydrogen-bond donors (Lipinski definition) is 1. The lowest BCUT2D eigenvalue weighted by Crippen LogP contribution is -2.38. The first kappa shape index (κ1) is 30.9. The third kappa shape index (κ3) is 16.2. The van der Waals surface area contributed by atoms with Crippen molar-refractivity contribution in [1.29, 1.82) is 0 Å². The van der Waals surface area contributed by atoms with E-state index in [0.717, 1.165) is 0 Å². The van der Waals surface area contributed by atoms with Crippen LogP contribution < -0.4 is 5.32 Å². The Balaban J connectivity index is 4.63. The Labute approximate surface area is 202 Å². The quantitative estimate of drug-likeness (QED) is 0.0832. The molecule has 0 aromatic rings. The summed E-state index contributed by atoms with van der Waals surface area (Å²) in [7, 11) is 0. The molecule has 0 bridgehead atoms. The fraction of sp³-hybridized carbons (Fsp3) is 0.545. The van der Waals surface area contributed by atoms with Crippen molar-refractivity contribution in [1.82, 2.24) is 5.32 Å². The van der Waals surface area contributed by atoms with Crippen molar-refractivity contribution in [2.24, 2.45) is 9.98 Å². The van der Waals surface area contributed by atoms with E-state index in [1.165, 1.54) is 26.0 Å². The van der Waals surface area contributed by atoms with Crippen LogP contribution in [-0.4, -0.2) is 74.8 Å². The summed E-state index contributed by atoms with van der Waals surface area (Å²) in [5.74, 6) is -1.51. The van der Waals surface area contributed by atoms with Gasteiger partial charge in [-0.2, -0.15) is 0 Å². The minimum absolute atomic E-state index is 0.0994. The number of aliphatic imine (C=N–C) groups is 2. The maximum Gasteiger partial charge on any atom is 0.417 e. The van der Waals surface area contributed by atoms with Crippen molar-refractivity contribution in [3.8, 4) is 0 Å². The van der Waals surface area contributed by atoms with Crippen molar-refractivity contribution in [3.63, 3.8) is 0 Å². The van der Waals surface area contributed by atoms with E-state index in [-0.39, 0.29) is 24.2 Å². The number of carbonyl (C=O) groups is 4. The second-order valence-electron chi connectivity index (χ2n) is 7.18. The SMILES string of the molecule is C=C(C)C(=O)OCC(COC(=O)C(=C)C)OC(=O)NC(=O)OCCC(CCCCN=C=O)N=C=O. The minimum atomic E-state index is -1.24. The number of hydrogen-bond acceptors (Lipinski definition) is 12. The highest BCUT2D eigenvalue weighted by molar-refractivity contribution is 5.88. The van der Waals surface area contributed by atoms with Gasteiger partial charge in [0.25, 0.3) is 0 Å². The number of ether oxygens (including phenoxy) is 4. The van der Waals surface area contributed by atoms with Gasteiger partial charge in [0.1, 0.15) is 13.2 Å². The first-order valence-corrected chi connectivity index (χ1v) is 10.5. The predicted molar refractivity (Wildman–Crippen MR) is 120 cm³/mol. The van der Waals surface area contributed by atoms with E-state index in [2.05, 4.69) is 23.1 Å². The topological polar surface area (TPSA) is 176 Å². The molecule has 0 radical (unpaired) electrons. The monoisotopic (exact) mass is 495 g/mol. The zero-order chi connectivity index (χ0) is 26.6. The van der Waals surface area contributed by atoms with Crippen LogP contribution in [0.5, 0.6) is 0 Å². The van der Waals surface area contributed by atoms with Crippen molar-refractivity contribution in [3.05, 3.63) is 24.3 Å². The number of unbranched alkanes of at least 4 members (excludes halogenated alkanes) is 1. The lowest BCUT2D eigenvalue weighted by molar-refractivity contribution is -0.147. The second kappa shape index (κ2) is 18.4. The molecule has 0 aliphatic rings. The molecule has 0 spiro atoms. The van der Waals surface area contributed by atoms with E-state index in [1.807, 2.05) is 5.32 Å². The molecule has 0 aromatic heterocycles. The van der Waals surface area contributed by atoms with Crippen LogP contribution in [0.2, 0.25) is 0 Å². The van der Waals surface area contributed by atoms with Gasteiger partial charge < -0.3 is 18.9 Å². The number of amides is 2. The van der Waals surface area contributed by atoms with Gasteiger partial charge in [0, 0.05) is 17.6 Å². The molecule has 1 unspecified atom stereocenters. The third-order valence-electron chi connectivity index (χ3n) is 4.02. The molecule has 1 N–H and O–H groups in total. The Hall–Kier alpha value is -4.08. The Kier molecular flexibility index (Phi) is 16.2. The first-order valence-electron chi connectivity index (χ1n) is 10.5. The third-order valence-corrected chi connectivity index (χ3v) is 4.02. The van der Waals surface area contributed by atoms with Crippen LogP contribution in [0.1, 0.15) is 39.5 Å². The summed E-state index contributed by atoms with van der Waals surface area (Å²) in [6.07, 6.45) is 1.13. The average Bonchev–Trinajstić information content (AvgIpc) is 2.79. The highest BCUT2D eigenvalue weighted by atomic mass is 16.6. The number of esters is 2. The smallest absolute Gasteiger partial charge is 0.417 e. The fourth-order valence-electron chi connectivity index (χ4n) is 2.25. The number of imide groups is 1. The molecule has 192 valence electrons. The van der Waals surface area contributed by atoms with Gasteiger partial charge >= 0.3 is 24.1 Å². The lowest BCUT2D eigenvalue weighted by atomic mass is 10.1. The molecular formula is C22H29N3O10. The van der Waals surface area contributed by atoms with Crippen LogP contribution in [-0.2, 0) is 38.1 Å². The standard InChI is InChI=1S/C22H29N3O10/c1-15(2)19(28)33-11-18(12-34-20(29)16(3)4)35-22(31)25-21(30)32-10-8-17(24-14-27)7-5-6-9-23-13-26/h17-18H,1,3,5-12H2,2,4H3,(H,25,30,31). The maximum absolute atomic E-state index is 12.0. The Bertz CT molecular complexity index is 843. The lowest BCUT2D eigenvalue weighted by Gasteiger charge is -2.18. The molecule has 35 heavy (non-hydrogen) atoms. The van der Waals surface area contributed by atoms with E-state index in [9.17, 15) is 28.8 Å². The van der Waals surface area contributed by atoms with Gasteiger partial charge in [0.2, 0.25) is 12.2 Å². The Morgan fingerprint density at radius 2 is 1.46 bits per heavy atom. The van der Waals surface area contributed by atoms with Crippen molar-refractivity contribution >= 4 is 36.3 Å². The number of nitrogens with zero attached hydrogens (tertiary/aromatic N) is 2. The molecule has 1 atom stereocenters. The van der Waals surface area contributed by atoms with E-state index in [0.29, 0.717) is 25.8 Å². The molecular weight excluding hydrogens is 466 g/mol. The average molecular weight is 495 g/mol. The molecule has 0 rings (SSSR count). The summed E-state index contributed by atoms with van der Waals surface area (Å²) in [5, 5.41) is 1.81. The van der Waals surface area contributed by atoms with Gasteiger partial charge in [-0.3, -0.25) is 0 Å². The molecule has 0 aromatic carbocycles. The summed E-state index contributed by atoms with van der Waals surface area (Å²) in [4.78, 5) is 74.5. The molecule has 13 heteroatoms. The number of alkyl carbamates (subject to hydrolysis) is 2. The van der Waals surface area contributed by atoms with Crippen LogP contribution in [0, 0.1) is 0 Å². The fourth-order valence-corrected chi connectivity index (χ4v) is 2.25. The van der Waals surface area contributed by atoms with Gasteiger partial charge in [0.05, 0.1) is 19.2 Å². The summed E-state index contributed by atoms with van der Waals surface area (Å²) in [6.45, 7) is 8.84. The predicted octanol–water partition coefficient (Wildman–Crippen LogP) is 2.06. The number of isocyanates is 2. The second-order valence-corrected chi connectivity index (χ2v) is 7.18. The van der Waals surface area contributed by atoms with Crippen molar-refractivity contribution in [2.45, 2.75) is 51.7 Å². The van der Waals surface area contributed by atoms with E-state index in [1.54, 1.807) is 0 Å². The van der Waals surface area contributed by atoms with Gasteiger partial charge in [-0.15, -0.1) is 0 Å².